The first kappa shape index (κ1) is 15.1. The minimum Gasteiger partial charge on any atom is -0.316 e. The lowest BCUT2D eigenvalue weighted by Crippen LogP contribution is -2.30. The van der Waals surface area contributed by atoms with Crippen molar-refractivity contribution in [2.45, 2.75) is 33.4 Å². The topological polar surface area (TPSA) is 41.1 Å². The van der Waals surface area contributed by atoms with E-state index in [9.17, 15) is 0 Å². The maximum absolute atomic E-state index is 4.63. The van der Waals surface area contributed by atoms with Crippen LogP contribution in [0.2, 0.25) is 0 Å². The zero-order valence-electron chi connectivity index (χ0n) is 12.6. The molecule has 2 aromatic rings. The van der Waals surface area contributed by atoms with Crippen molar-refractivity contribution in [2.24, 2.45) is 5.92 Å². The quantitative estimate of drug-likeness (QED) is 0.888. The Bertz CT molecular complexity index is 572. The molecule has 0 unspecified atom stereocenters. The molecule has 114 valence electrons. The molecule has 6 heteroatoms. The van der Waals surface area contributed by atoms with Gasteiger partial charge in [0.05, 0.1) is 21.9 Å². The van der Waals surface area contributed by atoms with Crippen molar-refractivity contribution in [3.05, 3.63) is 32.2 Å². The summed E-state index contributed by atoms with van der Waals surface area (Å²) in [4.78, 5) is 12.9. The van der Waals surface area contributed by atoms with E-state index in [2.05, 4.69) is 39.4 Å². The van der Waals surface area contributed by atoms with Crippen LogP contribution in [-0.2, 0) is 13.1 Å². The molecule has 4 nitrogen and oxygen atoms in total. The van der Waals surface area contributed by atoms with Gasteiger partial charge in [0.25, 0.3) is 0 Å². The van der Waals surface area contributed by atoms with Crippen LogP contribution in [0.15, 0.2) is 10.9 Å². The molecule has 0 amide bonds. The van der Waals surface area contributed by atoms with Crippen LogP contribution in [0.1, 0.15) is 27.7 Å². The van der Waals surface area contributed by atoms with Crippen molar-refractivity contribution in [3.63, 3.8) is 0 Å². The molecule has 0 aromatic carbocycles. The highest BCUT2D eigenvalue weighted by Gasteiger charge is 2.20. The first-order chi connectivity index (χ1) is 10.2. The summed E-state index contributed by atoms with van der Waals surface area (Å²) in [5.74, 6) is 0.762. The maximum Gasteiger partial charge on any atom is 0.0897 e. The Morgan fingerprint density at radius 3 is 2.86 bits per heavy atom. The number of nitrogens with one attached hydrogen (secondary N) is 1. The SMILES string of the molecule is Cc1nc(CN(Cc2scnc2C)C[C@@H]2CCNC2)cs1. The summed E-state index contributed by atoms with van der Waals surface area (Å²) in [7, 11) is 0. The predicted molar refractivity (Wildman–Crippen MR) is 88.8 cm³/mol. The Labute approximate surface area is 134 Å². The summed E-state index contributed by atoms with van der Waals surface area (Å²) in [6.45, 7) is 9.56. The number of hydrogen-bond donors (Lipinski definition) is 1. The summed E-state index contributed by atoms with van der Waals surface area (Å²) in [6, 6.07) is 0. The fourth-order valence-corrected chi connectivity index (χ4v) is 4.23. The van der Waals surface area contributed by atoms with Crippen LogP contribution < -0.4 is 5.32 Å². The molecule has 0 saturated carbocycles. The van der Waals surface area contributed by atoms with Crippen molar-refractivity contribution in [2.75, 3.05) is 19.6 Å². The summed E-state index contributed by atoms with van der Waals surface area (Å²) >= 11 is 3.51. The normalized spacial score (nSPS) is 18.7. The van der Waals surface area contributed by atoms with Crippen LogP contribution in [0, 0.1) is 19.8 Å². The van der Waals surface area contributed by atoms with Crippen LogP contribution in [0.3, 0.4) is 0 Å². The molecule has 3 rings (SSSR count). The number of aromatic nitrogens is 2. The lowest BCUT2D eigenvalue weighted by molar-refractivity contribution is 0.220. The lowest BCUT2D eigenvalue weighted by atomic mass is 10.1. The van der Waals surface area contributed by atoms with Gasteiger partial charge in [-0.25, -0.2) is 9.97 Å². The Hall–Kier alpha value is -0.820. The average molecular weight is 323 g/mol. The smallest absolute Gasteiger partial charge is 0.0897 e. The molecular formula is C15H22N4S2. The van der Waals surface area contributed by atoms with Crippen molar-refractivity contribution >= 4 is 22.7 Å². The Morgan fingerprint density at radius 1 is 1.33 bits per heavy atom. The Kier molecular flexibility index (Phi) is 5.00. The monoisotopic (exact) mass is 322 g/mol. The van der Waals surface area contributed by atoms with E-state index < -0.39 is 0 Å². The first-order valence-electron chi connectivity index (χ1n) is 7.43. The molecule has 1 N–H and O–H groups in total. The molecule has 1 aliphatic heterocycles. The fraction of sp³-hybridized carbons (Fsp3) is 0.600. The molecule has 0 bridgehead atoms. The number of nitrogens with zero attached hydrogens (tertiary/aromatic N) is 3. The minimum absolute atomic E-state index is 0.762. The van der Waals surface area contributed by atoms with Crippen LogP contribution in [-0.4, -0.2) is 34.5 Å². The highest BCUT2D eigenvalue weighted by atomic mass is 32.1. The zero-order valence-corrected chi connectivity index (χ0v) is 14.3. The van der Waals surface area contributed by atoms with Crippen molar-refractivity contribution in [1.29, 1.82) is 0 Å². The van der Waals surface area contributed by atoms with Gasteiger partial charge in [0.15, 0.2) is 0 Å². The molecule has 3 heterocycles. The second-order valence-corrected chi connectivity index (χ2v) is 7.75. The fourth-order valence-electron chi connectivity index (χ4n) is 2.81. The second-order valence-electron chi connectivity index (χ2n) is 5.75. The molecule has 0 radical (unpaired) electrons. The standard InChI is InChI=1S/C15H22N4S2/c1-11-15(21-10-17-11)8-19(6-13-3-4-16-5-13)7-14-9-20-12(2)18-14/h9-10,13,16H,3-8H2,1-2H3/t13-/m1/s1. The van der Waals surface area contributed by atoms with Gasteiger partial charge in [-0.15, -0.1) is 22.7 Å². The molecule has 1 fully saturated rings. The van der Waals surface area contributed by atoms with Gasteiger partial charge in [0, 0.05) is 29.9 Å². The molecule has 1 saturated heterocycles. The molecular weight excluding hydrogens is 300 g/mol. The summed E-state index contributed by atoms with van der Waals surface area (Å²) in [5, 5.41) is 6.81. The number of thiazole rings is 2. The van der Waals surface area contributed by atoms with Gasteiger partial charge < -0.3 is 5.32 Å². The molecule has 0 spiro atoms. The van der Waals surface area contributed by atoms with E-state index in [4.69, 9.17) is 0 Å². The van der Waals surface area contributed by atoms with Gasteiger partial charge in [-0.05, 0) is 39.3 Å². The number of aryl methyl sites for hydroxylation is 2. The van der Waals surface area contributed by atoms with Crippen molar-refractivity contribution in [1.82, 2.24) is 20.2 Å². The minimum atomic E-state index is 0.762. The molecule has 1 atom stereocenters. The van der Waals surface area contributed by atoms with E-state index in [1.54, 1.807) is 22.7 Å². The van der Waals surface area contributed by atoms with Crippen molar-refractivity contribution in [3.8, 4) is 0 Å². The zero-order chi connectivity index (χ0) is 14.7. The predicted octanol–water partition coefficient (Wildman–Crippen LogP) is 2.83. The molecule has 0 aliphatic carbocycles. The third kappa shape index (κ3) is 4.10. The first-order valence-corrected chi connectivity index (χ1v) is 9.19. The van der Waals surface area contributed by atoms with E-state index in [0.29, 0.717) is 0 Å². The summed E-state index contributed by atoms with van der Waals surface area (Å²) in [5.41, 5.74) is 4.32. The van der Waals surface area contributed by atoms with Gasteiger partial charge in [-0.2, -0.15) is 0 Å². The molecule has 1 aliphatic rings. The average Bonchev–Trinajstić information content (AvgIpc) is 3.16. The van der Waals surface area contributed by atoms with Crippen LogP contribution in [0.5, 0.6) is 0 Å². The van der Waals surface area contributed by atoms with E-state index in [-0.39, 0.29) is 0 Å². The number of hydrogen-bond acceptors (Lipinski definition) is 6. The third-order valence-electron chi connectivity index (χ3n) is 3.94. The van der Waals surface area contributed by atoms with E-state index in [1.165, 1.54) is 22.7 Å². The van der Waals surface area contributed by atoms with E-state index in [0.717, 1.165) is 43.6 Å². The van der Waals surface area contributed by atoms with Gasteiger partial charge in [-0.3, -0.25) is 4.90 Å². The van der Waals surface area contributed by atoms with Gasteiger partial charge in [-0.1, -0.05) is 0 Å². The van der Waals surface area contributed by atoms with Gasteiger partial charge in [0.1, 0.15) is 0 Å². The Balaban J connectivity index is 1.68. The van der Waals surface area contributed by atoms with Crippen LogP contribution in [0.25, 0.3) is 0 Å². The highest BCUT2D eigenvalue weighted by molar-refractivity contribution is 7.09. The van der Waals surface area contributed by atoms with Crippen LogP contribution >= 0.6 is 22.7 Å². The van der Waals surface area contributed by atoms with E-state index in [1.807, 2.05) is 5.51 Å². The third-order valence-corrected chi connectivity index (χ3v) is 5.69. The Morgan fingerprint density at radius 2 is 2.24 bits per heavy atom. The highest BCUT2D eigenvalue weighted by Crippen LogP contribution is 2.20. The summed E-state index contributed by atoms with van der Waals surface area (Å²) in [6.07, 6.45) is 1.29. The van der Waals surface area contributed by atoms with Gasteiger partial charge >= 0.3 is 0 Å². The second kappa shape index (κ2) is 6.96. The number of rotatable bonds is 6. The van der Waals surface area contributed by atoms with E-state index >= 15 is 0 Å². The maximum atomic E-state index is 4.63. The van der Waals surface area contributed by atoms with Gasteiger partial charge in [0.2, 0.25) is 0 Å². The van der Waals surface area contributed by atoms with Crippen LogP contribution in [0.4, 0.5) is 0 Å². The largest absolute Gasteiger partial charge is 0.316 e. The van der Waals surface area contributed by atoms with Crippen molar-refractivity contribution < 1.29 is 0 Å². The lowest BCUT2D eigenvalue weighted by Gasteiger charge is -2.24. The molecule has 2 aromatic heterocycles. The molecule has 21 heavy (non-hydrogen) atoms. The summed E-state index contributed by atoms with van der Waals surface area (Å²) < 4.78 is 0.